The summed E-state index contributed by atoms with van der Waals surface area (Å²) in [6.45, 7) is 1.55. The fourth-order valence-electron chi connectivity index (χ4n) is 2.50. The zero-order chi connectivity index (χ0) is 16.6. The second-order valence-electron chi connectivity index (χ2n) is 5.89. The zero-order valence-corrected chi connectivity index (χ0v) is 13.2. The lowest BCUT2D eigenvalue weighted by Crippen LogP contribution is -2.53. The first-order chi connectivity index (χ1) is 10.9. The van der Waals surface area contributed by atoms with Crippen LogP contribution in [0.1, 0.15) is 30.1 Å². The number of hydrogen-bond acceptors (Lipinski definition) is 3. The van der Waals surface area contributed by atoms with Crippen molar-refractivity contribution in [2.75, 3.05) is 0 Å². The second kappa shape index (κ2) is 5.70. The van der Waals surface area contributed by atoms with Crippen LogP contribution in [0.25, 0.3) is 5.69 Å². The zero-order valence-electron chi connectivity index (χ0n) is 12.5. The van der Waals surface area contributed by atoms with Crippen molar-refractivity contribution in [3.63, 3.8) is 0 Å². The number of nitrogens with zero attached hydrogens (tertiary/aromatic N) is 2. The fourth-order valence-corrected chi connectivity index (χ4v) is 2.68. The van der Waals surface area contributed by atoms with Gasteiger partial charge < -0.3 is 10.4 Å². The van der Waals surface area contributed by atoms with Gasteiger partial charge in [-0.3, -0.25) is 4.79 Å². The summed E-state index contributed by atoms with van der Waals surface area (Å²) in [5.74, 6) is -1.49. The fraction of sp³-hybridized carbons (Fsp3) is 0.312. The number of carbonyl (C=O) groups excluding carboxylic acids is 1. The van der Waals surface area contributed by atoms with E-state index in [1.807, 2.05) is 6.07 Å². The predicted octanol–water partition coefficient (Wildman–Crippen LogP) is 2.51. The third-order valence-corrected chi connectivity index (χ3v) is 4.36. The van der Waals surface area contributed by atoms with Crippen LogP contribution >= 0.6 is 11.6 Å². The van der Waals surface area contributed by atoms with E-state index in [9.17, 15) is 14.7 Å². The highest BCUT2D eigenvalue weighted by atomic mass is 35.5. The molecule has 0 bridgehead atoms. The molecule has 1 atom stereocenters. The number of hydrogen-bond donors (Lipinski definition) is 2. The summed E-state index contributed by atoms with van der Waals surface area (Å²) in [6, 6.07) is 7.07. The molecule has 1 saturated carbocycles. The van der Waals surface area contributed by atoms with Crippen LogP contribution in [-0.4, -0.2) is 32.3 Å². The number of carboxylic acids is 1. The average Bonchev–Trinajstić information content (AvgIpc) is 3.24. The predicted molar refractivity (Wildman–Crippen MR) is 84.8 cm³/mol. The summed E-state index contributed by atoms with van der Waals surface area (Å²) in [4.78, 5) is 23.8. The van der Waals surface area contributed by atoms with Crippen LogP contribution in [0.3, 0.4) is 0 Å². The normalized spacial score (nSPS) is 16.6. The smallest absolute Gasteiger partial charge is 0.329 e. The van der Waals surface area contributed by atoms with Crippen LogP contribution < -0.4 is 5.32 Å². The molecule has 1 heterocycles. The summed E-state index contributed by atoms with van der Waals surface area (Å²) in [5.41, 5.74) is -0.215. The molecule has 7 heteroatoms. The molecule has 0 saturated heterocycles. The Hall–Kier alpha value is -2.34. The van der Waals surface area contributed by atoms with Gasteiger partial charge in [-0.05, 0) is 43.9 Å². The Kier molecular flexibility index (Phi) is 3.85. The van der Waals surface area contributed by atoms with Crippen molar-refractivity contribution in [2.45, 2.75) is 25.3 Å². The summed E-state index contributed by atoms with van der Waals surface area (Å²) in [7, 11) is 0. The topological polar surface area (TPSA) is 84.2 Å². The van der Waals surface area contributed by atoms with Crippen LogP contribution in [0.4, 0.5) is 0 Å². The molecule has 6 nitrogen and oxygen atoms in total. The molecule has 1 fully saturated rings. The molecule has 0 spiro atoms. The monoisotopic (exact) mass is 333 g/mol. The van der Waals surface area contributed by atoms with Gasteiger partial charge in [-0.2, -0.15) is 5.10 Å². The number of amides is 1. The Morgan fingerprint density at radius 3 is 2.78 bits per heavy atom. The van der Waals surface area contributed by atoms with Gasteiger partial charge in [0, 0.05) is 11.2 Å². The number of nitrogens with one attached hydrogen (secondary N) is 1. The first kappa shape index (κ1) is 15.6. The Bertz CT molecular complexity index is 769. The number of benzene rings is 1. The van der Waals surface area contributed by atoms with Gasteiger partial charge in [-0.15, -0.1) is 0 Å². The number of aromatic nitrogens is 2. The van der Waals surface area contributed by atoms with Crippen molar-refractivity contribution in [1.29, 1.82) is 0 Å². The molecule has 0 aliphatic heterocycles. The molecule has 1 aliphatic carbocycles. The van der Waals surface area contributed by atoms with E-state index in [0.29, 0.717) is 10.6 Å². The molecule has 0 unspecified atom stereocenters. The van der Waals surface area contributed by atoms with Gasteiger partial charge in [0.25, 0.3) is 5.91 Å². The van der Waals surface area contributed by atoms with Crippen molar-refractivity contribution >= 4 is 23.5 Å². The molecule has 0 radical (unpaired) electrons. The molecule has 1 aliphatic rings. The lowest BCUT2D eigenvalue weighted by atomic mass is 9.95. The van der Waals surface area contributed by atoms with E-state index in [1.54, 1.807) is 31.3 Å². The van der Waals surface area contributed by atoms with E-state index in [1.165, 1.54) is 10.9 Å². The minimum Gasteiger partial charge on any atom is -0.480 e. The van der Waals surface area contributed by atoms with E-state index in [4.69, 9.17) is 11.6 Å². The highest BCUT2D eigenvalue weighted by Crippen LogP contribution is 2.39. The van der Waals surface area contributed by atoms with Crippen molar-refractivity contribution in [2.24, 2.45) is 5.92 Å². The Balaban J connectivity index is 1.80. The third-order valence-electron chi connectivity index (χ3n) is 4.13. The van der Waals surface area contributed by atoms with Crippen LogP contribution in [0.15, 0.2) is 36.7 Å². The van der Waals surface area contributed by atoms with Gasteiger partial charge in [0.05, 0.1) is 17.4 Å². The van der Waals surface area contributed by atoms with Gasteiger partial charge in [-0.1, -0.05) is 17.7 Å². The first-order valence-corrected chi connectivity index (χ1v) is 7.64. The van der Waals surface area contributed by atoms with Crippen molar-refractivity contribution in [1.82, 2.24) is 15.1 Å². The Morgan fingerprint density at radius 2 is 2.17 bits per heavy atom. The molecule has 3 rings (SSSR count). The summed E-state index contributed by atoms with van der Waals surface area (Å²) < 4.78 is 1.52. The molecule has 1 amide bonds. The van der Waals surface area contributed by atoms with Gasteiger partial charge in [-0.25, -0.2) is 9.48 Å². The first-order valence-electron chi connectivity index (χ1n) is 7.26. The minimum atomic E-state index is -1.24. The number of aliphatic carboxylic acids is 1. The molecule has 1 aromatic carbocycles. The van der Waals surface area contributed by atoms with Gasteiger partial charge in [0.15, 0.2) is 0 Å². The van der Waals surface area contributed by atoms with Crippen LogP contribution in [0.5, 0.6) is 0 Å². The van der Waals surface area contributed by atoms with E-state index in [0.717, 1.165) is 18.5 Å². The lowest BCUT2D eigenvalue weighted by Gasteiger charge is -2.25. The molecule has 2 N–H and O–H groups in total. The maximum atomic E-state index is 12.4. The molecule has 23 heavy (non-hydrogen) atoms. The molecular weight excluding hydrogens is 318 g/mol. The van der Waals surface area contributed by atoms with E-state index < -0.39 is 17.4 Å². The van der Waals surface area contributed by atoms with Crippen LogP contribution in [0.2, 0.25) is 5.02 Å². The highest BCUT2D eigenvalue weighted by Gasteiger charge is 2.48. The average molecular weight is 334 g/mol. The SMILES string of the molecule is C[C@@](NC(=O)c1cnn(-c2cccc(Cl)c2)c1)(C(=O)O)C1CC1. The van der Waals surface area contributed by atoms with Gasteiger partial charge in [0.1, 0.15) is 5.54 Å². The lowest BCUT2D eigenvalue weighted by molar-refractivity contribution is -0.144. The van der Waals surface area contributed by atoms with Gasteiger partial charge in [0.2, 0.25) is 0 Å². The summed E-state index contributed by atoms with van der Waals surface area (Å²) in [6.07, 6.45) is 4.58. The quantitative estimate of drug-likeness (QED) is 0.880. The largest absolute Gasteiger partial charge is 0.480 e. The van der Waals surface area contributed by atoms with E-state index in [2.05, 4.69) is 10.4 Å². The Morgan fingerprint density at radius 1 is 1.43 bits per heavy atom. The molecule has 1 aromatic heterocycles. The van der Waals surface area contributed by atoms with Crippen LogP contribution in [0, 0.1) is 5.92 Å². The highest BCUT2D eigenvalue weighted by molar-refractivity contribution is 6.30. The van der Waals surface area contributed by atoms with Crippen LogP contribution in [-0.2, 0) is 4.79 Å². The maximum Gasteiger partial charge on any atom is 0.329 e. The third kappa shape index (κ3) is 3.07. The standard InChI is InChI=1S/C16H16ClN3O3/c1-16(15(22)23,11-5-6-11)19-14(21)10-8-18-20(9-10)13-4-2-3-12(17)7-13/h2-4,7-9,11H,5-6H2,1H3,(H,19,21)(H,22,23)/t16-/m0/s1. The molecule has 2 aromatic rings. The number of carbonyl (C=O) groups is 2. The van der Waals surface area contributed by atoms with Gasteiger partial charge >= 0.3 is 5.97 Å². The number of rotatable bonds is 5. The van der Waals surface area contributed by atoms with E-state index >= 15 is 0 Å². The Labute approximate surface area is 138 Å². The summed E-state index contributed by atoms with van der Waals surface area (Å²) >= 11 is 5.94. The van der Waals surface area contributed by atoms with Crippen molar-refractivity contribution in [3.05, 3.63) is 47.2 Å². The van der Waals surface area contributed by atoms with E-state index in [-0.39, 0.29) is 5.92 Å². The second-order valence-corrected chi connectivity index (χ2v) is 6.33. The maximum absolute atomic E-state index is 12.4. The number of halogens is 1. The number of carboxylic acid groups (broad SMARTS) is 1. The minimum absolute atomic E-state index is 0.0214. The molecule has 120 valence electrons. The van der Waals surface area contributed by atoms with Crippen molar-refractivity contribution < 1.29 is 14.7 Å². The molecular formula is C16H16ClN3O3. The summed E-state index contributed by atoms with van der Waals surface area (Å²) in [5, 5.41) is 16.7. The van der Waals surface area contributed by atoms with Crippen molar-refractivity contribution in [3.8, 4) is 5.69 Å².